The maximum absolute atomic E-state index is 13.3. The average molecular weight is 573 g/mol. The van der Waals surface area contributed by atoms with Gasteiger partial charge in [0.05, 0.1) is 25.0 Å². The minimum atomic E-state index is -0.636. The van der Waals surface area contributed by atoms with E-state index in [2.05, 4.69) is 61.7 Å². The topological polar surface area (TPSA) is 116 Å². The van der Waals surface area contributed by atoms with Crippen LogP contribution in [0.5, 0.6) is 0 Å². The maximum atomic E-state index is 13.3. The van der Waals surface area contributed by atoms with Crippen molar-refractivity contribution in [2.24, 2.45) is 5.92 Å². The van der Waals surface area contributed by atoms with E-state index in [1.165, 1.54) is 50.3 Å². The fourth-order valence-corrected chi connectivity index (χ4v) is 6.16. The lowest BCUT2D eigenvalue weighted by Gasteiger charge is -2.30. The number of H-pyrrole nitrogens is 2. The van der Waals surface area contributed by atoms with E-state index >= 15 is 0 Å². The zero-order chi connectivity index (χ0) is 29.5. The van der Waals surface area contributed by atoms with Crippen molar-refractivity contribution in [2.75, 3.05) is 13.7 Å². The largest absolute Gasteiger partial charge is 0.453 e. The number of nitrogens with one attached hydrogen (secondary N) is 3. The number of carbonyl (C=O) groups excluding carboxylic acids is 2. The Morgan fingerprint density at radius 1 is 0.976 bits per heavy atom. The predicted molar refractivity (Wildman–Crippen MR) is 163 cm³/mol. The first kappa shape index (κ1) is 29.6. The highest BCUT2D eigenvalue weighted by molar-refractivity contribution is 5.86. The van der Waals surface area contributed by atoms with E-state index in [1.807, 2.05) is 31.1 Å². The van der Waals surface area contributed by atoms with Crippen LogP contribution in [0.15, 0.2) is 48.8 Å². The van der Waals surface area contributed by atoms with Gasteiger partial charge in [0.1, 0.15) is 17.7 Å². The van der Waals surface area contributed by atoms with Gasteiger partial charge in [0, 0.05) is 30.8 Å². The summed E-state index contributed by atoms with van der Waals surface area (Å²) >= 11 is 0. The third kappa shape index (κ3) is 7.12. The molecule has 3 aromatic rings. The molecule has 3 heterocycles. The first-order valence-corrected chi connectivity index (χ1v) is 15.4. The number of carbonyl (C=O) groups is 2. The van der Waals surface area contributed by atoms with Crippen molar-refractivity contribution in [3.8, 4) is 11.3 Å². The number of benzene rings is 1. The Morgan fingerprint density at radius 2 is 1.71 bits per heavy atom. The van der Waals surface area contributed by atoms with Crippen LogP contribution in [0.1, 0.15) is 93.7 Å². The molecule has 1 saturated heterocycles. The molecule has 2 fully saturated rings. The second-order valence-electron chi connectivity index (χ2n) is 11.9. The number of imidazole rings is 2. The minimum absolute atomic E-state index is 0.0593. The van der Waals surface area contributed by atoms with Gasteiger partial charge < -0.3 is 24.9 Å². The summed E-state index contributed by atoms with van der Waals surface area (Å²) in [4.78, 5) is 43.3. The predicted octanol–water partition coefficient (Wildman–Crippen LogP) is 6.23. The standard InChI is InChI=1S/C33H44N6O3/c1-22(2)29(38-33(41)42-3)32(40)39-19-9-14-28(39)31-34-20-26(36-31)13-8-7-10-23-15-17-24(18-16-23)27-21-35-30(37-27)25-11-5-4-6-12-25/h7-8,15-18,20-22,25,28-29H,4-6,9-14,19H2,1-3H3,(H,34,36)(H,35,37)(H,38,41)/b8-7-. The number of methoxy groups -OCH3 is 1. The maximum Gasteiger partial charge on any atom is 0.407 e. The molecular weight excluding hydrogens is 528 g/mol. The number of nitrogens with zero attached hydrogens (tertiary/aromatic N) is 3. The van der Waals surface area contributed by atoms with Gasteiger partial charge in [-0.05, 0) is 49.1 Å². The van der Waals surface area contributed by atoms with Gasteiger partial charge in [0.2, 0.25) is 5.91 Å². The summed E-state index contributed by atoms with van der Waals surface area (Å²) in [5, 5.41) is 2.70. The molecular formula is C33H44N6O3. The van der Waals surface area contributed by atoms with Crippen molar-refractivity contribution in [1.29, 1.82) is 0 Å². The van der Waals surface area contributed by atoms with Gasteiger partial charge in [-0.3, -0.25) is 4.79 Å². The van der Waals surface area contributed by atoms with Crippen LogP contribution in [0.4, 0.5) is 4.79 Å². The molecule has 2 unspecified atom stereocenters. The van der Waals surface area contributed by atoms with E-state index in [0.29, 0.717) is 12.5 Å². The molecule has 224 valence electrons. The lowest BCUT2D eigenvalue weighted by molar-refractivity contribution is -0.135. The number of amides is 2. The van der Waals surface area contributed by atoms with Crippen LogP contribution in [0.25, 0.3) is 11.3 Å². The molecule has 0 radical (unpaired) electrons. The first-order chi connectivity index (χ1) is 20.4. The molecule has 9 heteroatoms. The number of aromatic nitrogens is 4. The van der Waals surface area contributed by atoms with Crippen LogP contribution in [0, 0.1) is 5.92 Å². The van der Waals surface area contributed by atoms with Gasteiger partial charge in [0.15, 0.2) is 0 Å². The number of ether oxygens (including phenoxy) is 1. The number of rotatable bonds is 10. The second-order valence-corrected chi connectivity index (χ2v) is 11.9. The van der Waals surface area contributed by atoms with E-state index in [0.717, 1.165) is 48.7 Å². The highest BCUT2D eigenvalue weighted by atomic mass is 16.5. The van der Waals surface area contributed by atoms with E-state index in [9.17, 15) is 9.59 Å². The molecule has 2 aliphatic rings. The van der Waals surface area contributed by atoms with E-state index < -0.39 is 12.1 Å². The summed E-state index contributed by atoms with van der Waals surface area (Å²) < 4.78 is 4.73. The van der Waals surface area contributed by atoms with Crippen LogP contribution in [0.2, 0.25) is 0 Å². The fraction of sp³-hybridized carbons (Fsp3) is 0.515. The summed E-state index contributed by atoms with van der Waals surface area (Å²) in [6.07, 6.45) is 17.4. The number of likely N-dealkylation sites (tertiary alicyclic amines) is 1. The van der Waals surface area contributed by atoms with E-state index in [1.54, 1.807) is 0 Å². The van der Waals surface area contributed by atoms with Crippen LogP contribution in [-0.4, -0.2) is 56.5 Å². The van der Waals surface area contributed by atoms with Gasteiger partial charge in [-0.15, -0.1) is 0 Å². The van der Waals surface area contributed by atoms with Crippen molar-refractivity contribution >= 4 is 12.0 Å². The highest BCUT2D eigenvalue weighted by Gasteiger charge is 2.37. The monoisotopic (exact) mass is 572 g/mol. The van der Waals surface area contributed by atoms with E-state index in [4.69, 9.17) is 4.74 Å². The third-order valence-electron chi connectivity index (χ3n) is 8.60. The number of allylic oxidation sites excluding steroid dienone is 2. The van der Waals surface area contributed by atoms with Crippen LogP contribution >= 0.6 is 0 Å². The SMILES string of the molecule is COC(=O)NC(C(=O)N1CCCC1c1ncc(C/C=C\Cc2ccc(-c3cnc(C4CCCCC4)[nH]3)cc2)[nH]1)C(C)C. The lowest BCUT2D eigenvalue weighted by Crippen LogP contribution is -2.51. The van der Waals surface area contributed by atoms with Crippen LogP contribution in [0.3, 0.4) is 0 Å². The van der Waals surface area contributed by atoms with Crippen molar-refractivity contribution < 1.29 is 14.3 Å². The summed E-state index contributed by atoms with van der Waals surface area (Å²) in [6.45, 7) is 4.48. The molecule has 5 rings (SSSR count). The molecule has 1 saturated carbocycles. The Bertz CT molecular complexity index is 1350. The normalized spacial score (nSPS) is 18.6. The Hall–Kier alpha value is -3.88. The molecule has 1 aliphatic heterocycles. The molecule has 2 amide bonds. The first-order valence-electron chi connectivity index (χ1n) is 15.4. The zero-order valence-electron chi connectivity index (χ0n) is 25.1. The molecule has 1 aliphatic carbocycles. The van der Waals surface area contributed by atoms with Crippen LogP contribution < -0.4 is 5.32 Å². The molecule has 1 aromatic carbocycles. The molecule has 3 N–H and O–H groups in total. The Kier molecular flexibility index (Phi) is 9.77. The molecule has 0 spiro atoms. The van der Waals surface area contributed by atoms with Crippen LogP contribution in [-0.2, 0) is 22.4 Å². The van der Waals surface area contributed by atoms with Gasteiger partial charge in [-0.25, -0.2) is 14.8 Å². The number of aromatic amines is 2. The van der Waals surface area contributed by atoms with Gasteiger partial charge in [0.25, 0.3) is 0 Å². The average Bonchev–Trinajstić information content (AvgIpc) is 3.79. The highest BCUT2D eigenvalue weighted by Crippen LogP contribution is 2.33. The summed E-state index contributed by atoms with van der Waals surface area (Å²) in [5.74, 6) is 2.36. The van der Waals surface area contributed by atoms with E-state index in [-0.39, 0.29) is 17.9 Å². The molecule has 2 atom stereocenters. The lowest BCUT2D eigenvalue weighted by atomic mass is 9.89. The third-order valence-corrected chi connectivity index (χ3v) is 8.60. The number of hydrogen-bond acceptors (Lipinski definition) is 5. The summed E-state index contributed by atoms with van der Waals surface area (Å²) in [5.41, 5.74) is 4.53. The molecule has 0 bridgehead atoms. The Balaban J connectivity index is 1.13. The Morgan fingerprint density at radius 3 is 2.45 bits per heavy atom. The fourth-order valence-electron chi connectivity index (χ4n) is 6.16. The minimum Gasteiger partial charge on any atom is -0.453 e. The Labute approximate surface area is 248 Å². The quantitative estimate of drug-likeness (QED) is 0.249. The zero-order valence-corrected chi connectivity index (χ0v) is 25.1. The van der Waals surface area contributed by atoms with Crippen molar-refractivity contribution in [2.45, 2.75) is 89.6 Å². The second kappa shape index (κ2) is 13.9. The summed E-state index contributed by atoms with van der Waals surface area (Å²) in [6, 6.07) is 7.94. The summed E-state index contributed by atoms with van der Waals surface area (Å²) in [7, 11) is 1.30. The van der Waals surface area contributed by atoms with Gasteiger partial charge in [-0.1, -0.05) is 69.5 Å². The van der Waals surface area contributed by atoms with Gasteiger partial charge >= 0.3 is 6.09 Å². The smallest absolute Gasteiger partial charge is 0.407 e. The van der Waals surface area contributed by atoms with Crippen molar-refractivity contribution in [3.63, 3.8) is 0 Å². The molecule has 42 heavy (non-hydrogen) atoms. The molecule has 9 nitrogen and oxygen atoms in total. The van der Waals surface area contributed by atoms with Gasteiger partial charge in [-0.2, -0.15) is 0 Å². The van der Waals surface area contributed by atoms with Crippen molar-refractivity contribution in [3.05, 3.63) is 71.7 Å². The molecule has 2 aromatic heterocycles. The number of hydrogen-bond donors (Lipinski definition) is 3. The number of alkyl carbamates (subject to hydrolysis) is 1. The van der Waals surface area contributed by atoms with Crippen molar-refractivity contribution in [1.82, 2.24) is 30.2 Å².